The maximum absolute atomic E-state index is 12.6. The average Bonchev–Trinajstić information content (AvgIpc) is 2.59. The molecule has 4 heteroatoms. The third-order valence-electron chi connectivity index (χ3n) is 4.84. The minimum absolute atomic E-state index is 0.172. The third-order valence-corrected chi connectivity index (χ3v) is 4.84. The van der Waals surface area contributed by atoms with E-state index in [2.05, 4.69) is 0 Å². The number of carbonyl (C=O) groups excluding carboxylic acids is 1. The molecule has 2 rings (SSSR count). The maximum atomic E-state index is 12.6. The van der Waals surface area contributed by atoms with Gasteiger partial charge in [-0.05, 0) is 57.9 Å². The lowest BCUT2D eigenvalue weighted by Crippen LogP contribution is -2.40. The Kier molecular flexibility index (Phi) is 4.85. The second-order valence-electron chi connectivity index (χ2n) is 6.64. The van der Waals surface area contributed by atoms with Crippen LogP contribution in [0.1, 0.15) is 51.9 Å². The molecule has 3 unspecified atom stereocenters. The number of nitrogens with two attached hydrogens (primary N) is 1. The molecular weight excluding hydrogens is 240 g/mol. The molecule has 0 aromatic heterocycles. The topological polar surface area (TPSA) is 66.6 Å². The largest absolute Gasteiger partial charge is 0.390 e. The summed E-state index contributed by atoms with van der Waals surface area (Å²) in [6.07, 6.45) is 6.69. The fourth-order valence-electron chi connectivity index (χ4n) is 3.47. The molecule has 1 aliphatic carbocycles. The molecule has 1 heterocycles. The Labute approximate surface area is 116 Å². The molecule has 4 nitrogen and oxygen atoms in total. The van der Waals surface area contributed by atoms with Gasteiger partial charge in [-0.25, -0.2) is 0 Å². The van der Waals surface area contributed by atoms with Crippen LogP contribution in [0.15, 0.2) is 0 Å². The van der Waals surface area contributed by atoms with E-state index < -0.39 is 5.60 Å². The first kappa shape index (κ1) is 14.8. The van der Waals surface area contributed by atoms with Gasteiger partial charge in [-0.1, -0.05) is 6.42 Å². The van der Waals surface area contributed by atoms with E-state index in [1.807, 2.05) is 11.8 Å². The van der Waals surface area contributed by atoms with Gasteiger partial charge in [-0.3, -0.25) is 4.79 Å². The highest BCUT2D eigenvalue weighted by atomic mass is 16.3. The van der Waals surface area contributed by atoms with Crippen molar-refractivity contribution >= 4 is 5.91 Å². The van der Waals surface area contributed by atoms with Crippen molar-refractivity contribution in [3.63, 3.8) is 0 Å². The van der Waals surface area contributed by atoms with E-state index in [4.69, 9.17) is 5.73 Å². The number of nitrogens with zero attached hydrogens (tertiary/aromatic N) is 1. The second kappa shape index (κ2) is 6.23. The van der Waals surface area contributed by atoms with E-state index in [9.17, 15) is 9.90 Å². The monoisotopic (exact) mass is 268 g/mol. The Bertz CT molecular complexity index is 317. The van der Waals surface area contributed by atoms with Crippen molar-refractivity contribution in [1.82, 2.24) is 4.90 Å². The number of rotatable bonds is 2. The zero-order valence-electron chi connectivity index (χ0n) is 12.1. The molecule has 1 amide bonds. The smallest absolute Gasteiger partial charge is 0.225 e. The van der Waals surface area contributed by atoms with Gasteiger partial charge < -0.3 is 15.7 Å². The summed E-state index contributed by atoms with van der Waals surface area (Å²) in [7, 11) is 0. The van der Waals surface area contributed by atoms with E-state index in [0.717, 1.165) is 38.6 Å². The summed E-state index contributed by atoms with van der Waals surface area (Å²) in [6.45, 7) is 4.10. The number of amides is 1. The Hall–Kier alpha value is -0.610. The van der Waals surface area contributed by atoms with Crippen LogP contribution in [0.2, 0.25) is 0 Å². The van der Waals surface area contributed by atoms with E-state index in [1.165, 1.54) is 6.42 Å². The number of hydrogen-bond donors (Lipinski definition) is 2. The Morgan fingerprint density at radius 2 is 2.11 bits per heavy atom. The fourth-order valence-corrected chi connectivity index (χ4v) is 3.47. The van der Waals surface area contributed by atoms with Crippen LogP contribution in [-0.4, -0.2) is 41.1 Å². The highest BCUT2D eigenvalue weighted by molar-refractivity contribution is 5.79. The summed E-state index contributed by atoms with van der Waals surface area (Å²) in [6, 6.07) is 0. The molecule has 1 saturated heterocycles. The van der Waals surface area contributed by atoms with Crippen LogP contribution in [0.25, 0.3) is 0 Å². The molecule has 0 aromatic carbocycles. The summed E-state index contributed by atoms with van der Waals surface area (Å²) in [4.78, 5) is 14.6. The molecule has 19 heavy (non-hydrogen) atoms. The van der Waals surface area contributed by atoms with Crippen molar-refractivity contribution in [2.45, 2.75) is 57.5 Å². The average molecular weight is 268 g/mol. The lowest BCUT2D eigenvalue weighted by atomic mass is 9.80. The van der Waals surface area contributed by atoms with Crippen LogP contribution in [0, 0.1) is 11.8 Å². The van der Waals surface area contributed by atoms with Gasteiger partial charge in [0.2, 0.25) is 5.91 Å². The van der Waals surface area contributed by atoms with Gasteiger partial charge in [-0.2, -0.15) is 0 Å². The summed E-state index contributed by atoms with van der Waals surface area (Å²) >= 11 is 0. The summed E-state index contributed by atoms with van der Waals surface area (Å²) < 4.78 is 0. The minimum Gasteiger partial charge on any atom is -0.390 e. The number of aliphatic hydroxyl groups is 1. The highest BCUT2D eigenvalue weighted by Gasteiger charge is 2.32. The van der Waals surface area contributed by atoms with Crippen LogP contribution in [0.3, 0.4) is 0 Å². The highest BCUT2D eigenvalue weighted by Crippen LogP contribution is 2.31. The van der Waals surface area contributed by atoms with Crippen LogP contribution in [0.4, 0.5) is 0 Å². The van der Waals surface area contributed by atoms with Gasteiger partial charge in [0.05, 0.1) is 5.60 Å². The van der Waals surface area contributed by atoms with E-state index in [0.29, 0.717) is 31.3 Å². The van der Waals surface area contributed by atoms with Crippen molar-refractivity contribution < 1.29 is 9.90 Å². The van der Waals surface area contributed by atoms with E-state index in [-0.39, 0.29) is 5.92 Å². The molecule has 110 valence electrons. The number of carbonyl (C=O) groups is 1. The van der Waals surface area contributed by atoms with Crippen LogP contribution < -0.4 is 5.73 Å². The first-order valence-corrected chi connectivity index (χ1v) is 7.73. The predicted molar refractivity (Wildman–Crippen MR) is 75.6 cm³/mol. The Morgan fingerprint density at radius 3 is 2.84 bits per heavy atom. The van der Waals surface area contributed by atoms with Gasteiger partial charge in [-0.15, -0.1) is 0 Å². The molecule has 0 radical (unpaired) electrons. The van der Waals surface area contributed by atoms with Crippen molar-refractivity contribution in [3.05, 3.63) is 0 Å². The normalized spacial score (nSPS) is 36.9. The van der Waals surface area contributed by atoms with Crippen molar-refractivity contribution in [2.24, 2.45) is 17.6 Å². The van der Waals surface area contributed by atoms with Gasteiger partial charge in [0.25, 0.3) is 0 Å². The van der Waals surface area contributed by atoms with E-state index in [1.54, 1.807) is 0 Å². The van der Waals surface area contributed by atoms with Crippen LogP contribution >= 0.6 is 0 Å². The molecule has 0 bridgehead atoms. The van der Waals surface area contributed by atoms with Gasteiger partial charge in [0.1, 0.15) is 0 Å². The van der Waals surface area contributed by atoms with Crippen LogP contribution in [0.5, 0.6) is 0 Å². The zero-order valence-corrected chi connectivity index (χ0v) is 12.1. The standard InChI is InChI=1S/C15H28N2O2/c1-15(19)6-3-8-17(9-7-15)14(18)13-5-2-4-12(10-13)11-16/h12-13,19H,2-11,16H2,1H3. The fraction of sp³-hybridized carbons (Fsp3) is 0.933. The molecular formula is C15H28N2O2. The predicted octanol–water partition coefficient (Wildman–Crippen LogP) is 1.51. The van der Waals surface area contributed by atoms with Gasteiger partial charge in [0.15, 0.2) is 0 Å². The van der Waals surface area contributed by atoms with E-state index >= 15 is 0 Å². The molecule has 3 atom stereocenters. The number of likely N-dealkylation sites (tertiary alicyclic amines) is 1. The summed E-state index contributed by atoms with van der Waals surface area (Å²) in [5.41, 5.74) is 5.15. The third kappa shape index (κ3) is 3.93. The molecule has 0 aromatic rings. The molecule has 1 aliphatic heterocycles. The first-order valence-electron chi connectivity index (χ1n) is 7.73. The molecule has 2 fully saturated rings. The molecule has 2 aliphatic rings. The second-order valence-corrected chi connectivity index (χ2v) is 6.64. The maximum Gasteiger partial charge on any atom is 0.225 e. The van der Waals surface area contributed by atoms with Crippen LogP contribution in [-0.2, 0) is 4.79 Å². The number of hydrogen-bond acceptors (Lipinski definition) is 3. The molecule has 0 spiro atoms. The molecule has 3 N–H and O–H groups in total. The quantitative estimate of drug-likeness (QED) is 0.798. The first-order chi connectivity index (χ1) is 9.02. The van der Waals surface area contributed by atoms with Gasteiger partial charge in [0, 0.05) is 19.0 Å². The van der Waals surface area contributed by atoms with Crippen molar-refractivity contribution in [2.75, 3.05) is 19.6 Å². The SMILES string of the molecule is CC1(O)CCCN(C(=O)C2CCCC(CN)C2)CC1. The zero-order chi connectivity index (χ0) is 13.9. The Morgan fingerprint density at radius 1 is 1.32 bits per heavy atom. The summed E-state index contributed by atoms with van der Waals surface area (Å²) in [5, 5.41) is 10.1. The minimum atomic E-state index is -0.596. The van der Waals surface area contributed by atoms with Crippen molar-refractivity contribution in [1.29, 1.82) is 0 Å². The Balaban J connectivity index is 1.91. The lowest BCUT2D eigenvalue weighted by molar-refractivity contribution is -0.137. The van der Waals surface area contributed by atoms with Gasteiger partial charge >= 0.3 is 0 Å². The lowest BCUT2D eigenvalue weighted by Gasteiger charge is -2.32. The summed E-state index contributed by atoms with van der Waals surface area (Å²) in [5.74, 6) is 0.999. The molecule has 1 saturated carbocycles. The van der Waals surface area contributed by atoms with Crippen molar-refractivity contribution in [3.8, 4) is 0 Å².